The van der Waals surface area contributed by atoms with Gasteiger partial charge in [-0.3, -0.25) is 9.69 Å². The molecule has 152 valence electrons. The molecule has 1 fully saturated rings. The number of benzene rings is 2. The molecule has 0 saturated carbocycles. The van der Waals surface area contributed by atoms with Gasteiger partial charge in [-0.05, 0) is 58.8 Å². The molecule has 3 rings (SSSR count). The zero-order valence-electron chi connectivity index (χ0n) is 15.6. The minimum atomic E-state index is -0.436. The number of carbonyl (C=O) groups excluding carboxylic acids is 2. The van der Waals surface area contributed by atoms with Crippen LogP contribution in [0.2, 0.25) is 10.0 Å². The lowest BCUT2D eigenvalue weighted by atomic mass is 10.1. The normalized spacial score (nSPS) is 15.1. The zero-order chi connectivity index (χ0) is 21.1. The Morgan fingerprint density at radius 2 is 1.97 bits per heavy atom. The minimum absolute atomic E-state index is 0.201. The molecule has 1 N–H and O–H groups in total. The number of nitrogens with one attached hydrogen (secondary N) is 1. The summed E-state index contributed by atoms with van der Waals surface area (Å²) in [7, 11) is 1.52. The molecule has 0 unspecified atom stereocenters. The van der Waals surface area contributed by atoms with Crippen molar-refractivity contribution in [2.24, 2.45) is 0 Å². The van der Waals surface area contributed by atoms with E-state index in [9.17, 15) is 9.59 Å². The fraction of sp³-hybridized carbons (Fsp3) is 0.200. The number of halogens is 3. The first kappa shape index (κ1) is 21.5. The van der Waals surface area contributed by atoms with Crippen LogP contribution in [0.1, 0.15) is 18.1 Å². The van der Waals surface area contributed by atoms with E-state index in [0.717, 1.165) is 10.5 Å². The summed E-state index contributed by atoms with van der Waals surface area (Å²) in [6.07, 6.45) is 1.59. The molecule has 1 heterocycles. The molecular formula is C20H17BrCl2N2O4. The molecule has 1 aliphatic rings. The van der Waals surface area contributed by atoms with Crippen molar-refractivity contribution in [1.29, 1.82) is 0 Å². The Bertz CT molecular complexity index is 1010. The third-order valence-electron chi connectivity index (χ3n) is 4.23. The van der Waals surface area contributed by atoms with Crippen LogP contribution < -0.4 is 14.8 Å². The number of ether oxygens (including phenoxy) is 2. The maximum absolute atomic E-state index is 12.3. The van der Waals surface area contributed by atoms with E-state index < -0.39 is 6.03 Å². The van der Waals surface area contributed by atoms with Gasteiger partial charge in [-0.15, -0.1) is 0 Å². The fourth-order valence-electron chi connectivity index (χ4n) is 2.78. The minimum Gasteiger partial charge on any atom is -0.493 e. The first-order chi connectivity index (χ1) is 13.8. The van der Waals surface area contributed by atoms with Gasteiger partial charge < -0.3 is 14.8 Å². The Balaban J connectivity index is 1.85. The predicted molar refractivity (Wildman–Crippen MR) is 115 cm³/mol. The van der Waals surface area contributed by atoms with Crippen molar-refractivity contribution in [2.45, 2.75) is 13.5 Å². The summed E-state index contributed by atoms with van der Waals surface area (Å²) < 4.78 is 12.0. The standard InChI is InChI=1S/C20H17BrCl2N2O4/c1-3-25-19(26)16(24-20(25)27)7-11-6-14(21)18(17(8-11)28-2)29-10-12-4-5-13(22)9-15(12)23/h4-9H,3,10H2,1-2H3,(H,24,27)/b16-7+. The van der Waals surface area contributed by atoms with Crippen LogP contribution in [0.25, 0.3) is 6.08 Å². The summed E-state index contributed by atoms with van der Waals surface area (Å²) in [4.78, 5) is 25.2. The van der Waals surface area contributed by atoms with Gasteiger partial charge in [0.25, 0.3) is 5.91 Å². The molecule has 0 aliphatic carbocycles. The van der Waals surface area contributed by atoms with E-state index in [1.165, 1.54) is 7.11 Å². The number of urea groups is 1. The Labute approximate surface area is 186 Å². The van der Waals surface area contributed by atoms with Crippen molar-refractivity contribution < 1.29 is 19.1 Å². The number of rotatable bonds is 6. The third kappa shape index (κ3) is 4.69. The van der Waals surface area contributed by atoms with Crippen LogP contribution in [0.3, 0.4) is 0 Å². The van der Waals surface area contributed by atoms with Crippen molar-refractivity contribution in [3.05, 3.63) is 61.7 Å². The first-order valence-corrected chi connectivity index (χ1v) is 10.2. The monoisotopic (exact) mass is 498 g/mol. The average molecular weight is 500 g/mol. The molecule has 0 radical (unpaired) electrons. The maximum atomic E-state index is 12.3. The van der Waals surface area contributed by atoms with E-state index in [0.29, 0.717) is 38.1 Å². The summed E-state index contributed by atoms with van der Waals surface area (Å²) in [5.41, 5.74) is 1.63. The summed E-state index contributed by atoms with van der Waals surface area (Å²) in [6.45, 7) is 2.25. The van der Waals surface area contributed by atoms with Gasteiger partial charge in [-0.2, -0.15) is 0 Å². The first-order valence-electron chi connectivity index (χ1n) is 8.62. The highest BCUT2D eigenvalue weighted by Gasteiger charge is 2.32. The van der Waals surface area contributed by atoms with Gasteiger partial charge in [-0.25, -0.2) is 4.79 Å². The number of hydrogen-bond donors (Lipinski definition) is 1. The molecule has 6 nitrogen and oxygen atoms in total. The molecule has 29 heavy (non-hydrogen) atoms. The second kappa shape index (κ2) is 9.07. The van der Waals surface area contributed by atoms with Gasteiger partial charge in [0.1, 0.15) is 12.3 Å². The number of imide groups is 1. The van der Waals surface area contributed by atoms with E-state index in [1.807, 2.05) is 0 Å². The molecule has 0 bridgehead atoms. The highest BCUT2D eigenvalue weighted by Crippen LogP contribution is 2.38. The molecule has 1 aliphatic heterocycles. The number of carbonyl (C=O) groups is 2. The van der Waals surface area contributed by atoms with E-state index in [2.05, 4.69) is 21.2 Å². The molecule has 0 aromatic heterocycles. The maximum Gasteiger partial charge on any atom is 0.328 e. The Hall–Kier alpha value is -2.22. The molecular weight excluding hydrogens is 483 g/mol. The molecule has 0 spiro atoms. The highest BCUT2D eigenvalue weighted by molar-refractivity contribution is 9.10. The van der Waals surface area contributed by atoms with Crippen molar-refractivity contribution in [2.75, 3.05) is 13.7 Å². The van der Waals surface area contributed by atoms with E-state index in [4.69, 9.17) is 32.7 Å². The number of hydrogen-bond acceptors (Lipinski definition) is 4. The third-order valence-corrected chi connectivity index (χ3v) is 5.40. The summed E-state index contributed by atoms with van der Waals surface area (Å²) in [5.74, 6) is 0.573. The SMILES string of the molecule is CCN1C(=O)N/C(=C/c2cc(Br)c(OCc3ccc(Cl)cc3Cl)c(OC)c2)C1=O. The lowest BCUT2D eigenvalue weighted by Gasteiger charge is -2.14. The zero-order valence-corrected chi connectivity index (χ0v) is 18.7. The van der Waals surface area contributed by atoms with Gasteiger partial charge in [0.15, 0.2) is 11.5 Å². The molecule has 0 atom stereocenters. The van der Waals surface area contributed by atoms with Crippen LogP contribution in [-0.2, 0) is 11.4 Å². The van der Waals surface area contributed by atoms with Crippen LogP contribution in [0, 0.1) is 0 Å². The smallest absolute Gasteiger partial charge is 0.328 e. The summed E-state index contributed by atoms with van der Waals surface area (Å²) >= 11 is 15.6. The Kier molecular flexibility index (Phi) is 6.72. The molecule has 9 heteroatoms. The second-order valence-corrected chi connectivity index (χ2v) is 7.79. The van der Waals surface area contributed by atoms with Crippen molar-refractivity contribution in [3.63, 3.8) is 0 Å². The summed E-state index contributed by atoms with van der Waals surface area (Å²) in [5, 5.41) is 3.62. The lowest BCUT2D eigenvalue weighted by molar-refractivity contribution is -0.122. The predicted octanol–water partition coefficient (Wildman–Crippen LogP) is 5.26. The van der Waals surface area contributed by atoms with Gasteiger partial charge in [0.2, 0.25) is 0 Å². The van der Waals surface area contributed by atoms with Crippen LogP contribution in [0.5, 0.6) is 11.5 Å². The van der Waals surface area contributed by atoms with Crippen LogP contribution in [0.4, 0.5) is 4.79 Å². The Morgan fingerprint density at radius 3 is 2.59 bits per heavy atom. The molecule has 1 saturated heterocycles. The fourth-order valence-corrected chi connectivity index (χ4v) is 3.81. The molecule has 3 amide bonds. The Morgan fingerprint density at radius 1 is 1.21 bits per heavy atom. The number of likely N-dealkylation sites (N-methyl/N-ethyl adjacent to an activating group) is 1. The summed E-state index contributed by atoms with van der Waals surface area (Å²) in [6, 6.07) is 8.22. The number of methoxy groups -OCH3 is 1. The van der Waals surface area contributed by atoms with Crippen LogP contribution in [0.15, 0.2) is 40.5 Å². The van der Waals surface area contributed by atoms with Gasteiger partial charge in [0, 0.05) is 22.2 Å². The van der Waals surface area contributed by atoms with Crippen LogP contribution >= 0.6 is 39.1 Å². The lowest BCUT2D eigenvalue weighted by Crippen LogP contribution is -2.30. The number of nitrogens with zero attached hydrogens (tertiary/aromatic N) is 1. The molecule has 2 aromatic rings. The largest absolute Gasteiger partial charge is 0.493 e. The van der Waals surface area contributed by atoms with Crippen molar-refractivity contribution in [3.8, 4) is 11.5 Å². The second-order valence-electron chi connectivity index (χ2n) is 6.10. The van der Waals surface area contributed by atoms with E-state index in [-0.39, 0.29) is 18.2 Å². The van der Waals surface area contributed by atoms with Gasteiger partial charge in [0.05, 0.1) is 11.6 Å². The molecule has 2 aromatic carbocycles. The van der Waals surface area contributed by atoms with Crippen LogP contribution in [-0.4, -0.2) is 30.5 Å². The van der Waals surface area contributed by atoms with Gasteiger partial charge >= 0.3 is 6.03 Å². The topological polar surface area (TPSA) is 67.9 Å². The highest BCUT2D eigenvalue weighted by atomic mass is 79.9. The van der Waals surface area contributed by atoms with E-state index >= 15 is 0 Å². The van der Waals surface area contributed by atoms with Crippen molar-refractivity contribution >= 4 is 57.1 Å². The van der Waals surface area contributed by atoms with E-state index in [1.54, 1.807) is 43.3 Å². The average Bonchev–Trinajstić information content (AvgIpc) is 2.94. The van der Waals surface area contributed by atoms with Gasteiger partial charge in [-0.1, -0.05) is 29.3 Å². The van der Waals surface area contributed by atoms with Crippen molar-refractivity contribution in [1.82, 2.24) is 10.2 Å². The number of amides is 3. The quantitative estimate of drug-likeness (QED) is 0.435.